The van der Waals surface area contributed by atoms with E-state index in [2.05, 4.69) is 42.2 Å². The zero-order valence-electron chi connectivity index (χ0n) is 21.7. The molecule has 0 bridgehead atoms. The van der Waals surface area contributed by atoms with Gasteiger partial charge >= 0.3 is 13.9 Å². The first-order valence-corrected chi connectivity index (χ1v) is 17.5. The van der Waals surface area contributed by atoms with Crippen LogP contribution in [0, 0.1) is 0 Å². The fraction of sp³-hybridized carbons (Fsp3) is 0.500. The Morgan fingerprint density at radius 1 is 1.14 bits per heavy atom. The number of nitrogens with two attached hydrogens (primary N) is 1. The van der Waals surface area contributed by atoms with Crippen LogP contribution < -0.4 is 16.9 Å². The van der Waals surface area contributed by atoms with Gasteiger partial charge in [0.25, 0.3) is 11.1 Å². The van der Waals surface area contributed by atoms with Crippen molar-refractivity contribution in [3.63, 3.8) is 0 Å². The number of aliphatic hydroxyl groups is 1. The second kappa shape index (κ2) is 12.0. The number of nitrogens with zero attached hydrogens (tertiary/aromatic N) is 6. The summed E-state index contributed by atoms with van der Waals surface area (Å²) >= 11 is 9.12. The minimum absolute atomic E-state index is 0.00402. The van der Waals surface area contributed by atoms with Crippen molar-refractivity contribution >= 4 is 66.3 Å². The maximum atomic E-state index is 12.2. The molecule has 6 heterocycles. The summed E-state index contributed by atoms with van der Waals surface area (Å²) in [7, 11) is -2.34. The predicted molar refractivity (Wildman–Crippen MR) is 154 cm³/mol. The monoisotopic (exact) mass is 676 g/mol. The number of ether oxygens (including phenoxy) is 2. The molecule has 4 aromatic heterocycles. The van der Waals surface area contributed by atoms with Crippen LogP contribution in [0.2, 0.25) is 0 Å². The van der Waals surface area contributed by atoms with Gasteiger partial charge < -0.3 is 39.2 Å². The first-order valence-electron chi connectivity index (χ1n) is 12.6. The van der Waals surface area contributed by atoms with E-state index in [-0.39, 0.29) is 54.3 Å². The number of rotatable bonds is 10. The molecule has 8 atom stereocenters. The van der Waals surface area contributed by atoms with Gasteiger partial charge in [-0.2, -0.15) is 4.98 Å². The zero-order valence-corrected chi connectivity index (χ0v) is 25.2. The fourth-order valence-corrected chi connectivity index (χ4v) is 7.25. The van der Waals surface area contributed by atoms with Crippen molar-refractivity contribution in [3.05, 3.63) is 39.7 Å². The highest BCUT2D eigenvalue weighted by molar-refractivity contribution is 8.39. The first-order chi connectivity index (χ1) is 20.5. The van der Waals surface area contributed by atoms with Gasteiger partial charge in [-0.15, -0.1) is 4.52 Å². The molecule has 0 aromatic carbocycles. The highest BCUT2D eigenvalue weighted by atomic mass is 32.7. The van der Waals surface area contributed by atoms with Gasteiger partial charge in [0, 0.05) is 12.8 Å². The number of aromatic nitrogens is 8. The van der Waals surface area contributed by atoms with Crippen molar-refractivity contribution in [1.29, 1.82) is 0 Å². The lowest BCUT2D eigenvalue weighted by Gasteiger charge is -2.25. The molecule has 230 valence electrons. The molecule has 2 aliphatic heterocycles. The average molecular weight is 677 g/mol. The van der Waals surface area contributed by atoms with Crippen LogP contribution >= 0.6 is 26.2 Å². The van der Waals surface area contributed by atoms with Gasteiger partial charge in [0.15, 0.2) is 28.6 Å². The van der Waals surface area contributed by atoms with Crippen LogP contribution in [0.15, 0.2) is 28.6 Å². The lowest BCUT2D eigenvalue weighted by atomic mass is 10.2. The molecule has 0 amide bonds. The molecule has 4 aromatic rings. The topological polar surface area (TPSA) is 257 Å². The summed E-state index contributed by atoms with van der Waals surface area (Å²) in [5, 5.41) is 9.73. The molecule has 6 N–H and O–H groups in total. The third-order valence-electron chi connectivity index (χ3n) is 6.83. The van der Waals surface area contributed by atoms with E-state index in [1.807, 2.05) is 0 Å². The summed E-state index contributed by atoms with van der Waals surface area (Å²) in [6.45, 7) is -4.72. The van der Waals surface area contributed by atoms with E-state index < -0.39 is 61.9 Å². The molecular weight excluding hydrogens is 652 g/mol. The zero-order chi connectivity index (χ0) is 30.5. The van der Waals surface area contributed by atoms with Crippen LogP contribution in [-0.4, -0.2) is 86.7 Å². The minimum Gasteiger partial charge on any atom is -0.394 e. The number of hydrogen-bond donors (Lipinski definition) is 6. The number of aromatic amines is 2. The lowest BCUT2D eigenvalue weighted by molar-refractivity contribution is -0.0526. The second-order valence-electron chi connectivity index (χ2n) is 9.55. The number of hydrogen-bond acceptors (Lipinski definition) is 15. The Balaban J connectivity index is 1.18. The number of thiol groups is 1. The number of imidazole rings is 2. The third-order valence-corrected chi connectivity index (χ3v) is 9.15. The molecule has 2 unspecified atom stereocenters. The minimum atomic E-state index is -4.02. The smallest absolute Gasteiger partial charge is 0.394 e. The molecule has 23 heteroatoms. The predicted octanol–water partition coefficient (Wildman–Crippen LogP) is -0.00670. The normalized spacial score (nSPS) is 27.7. The third kappa shape index (κ3) is 6.16. The fourth-order valence-electron chi connectivity index (χ4n) is 4.99. The molecule has 2 aliphatic rings. The van der Waals surface area contributed by atoms with Gasteiger partial charge in [-0.1, -0.05) is 0 Å². The summed E-state index contributed by atoms with van der Waals surface area (Å²) in [4.78, 5) is 56.5. The van der Waals surface area contributed by atoms with Crippen molar-refractivity contribution < 1.29 is 37.6 Å². The van der Waals surface area contributed by atoms with E-state index in [4.69, 9.17) is 40.6 Å². The number of nitrogens with one attached hydrogen (secondary N) is 2. The van der Waals surface area contributed by atoms with Crippen molar-refractivity contribution in [3.8, 4) is 0 Å². The molecule has 6 rings (SSSR count). The van der Waals surface area contributed by atoms with Crippen molar-refractivity contribution in [2.75, 3.05) is 18.9 Å². The van der Waals surface area contributed by atoms with E-state index in [0.717, 1.165) is 0 Å². The summed E-state index contributed by atoms with van der Waals surface area (Å²) in [6, 6.07) is 0. The largest absolute Gasteiger partial charge is 0.582 e. The molecule has 0 radical (unpaired) electrons. The number of fused-ring (bicyclic) bond motifs is 2. The van der Waals surface area contributed by atoms with Gasteiger partial charge in [-0.05, 0) is 16.4 Å². The van der Waals surface area contributed by atoms with Crippen LogP contribution in [0.5, 0.6) is 0 Å². The highest BCUT2D eigenvalue weighted by Gasteiger charge is 2.45. The first kappa shape index (κ1) is 30.4. The van der Waals surface area contributed by atoms with E-state index in [9.17, 15) is 24.2 Å². The summed E-state index contributed by atoms with van der Waals surface area (Å²) in [5.41, 5.74) is 5.16. The van der Waals surface area contributed by atoms with Crippen molar-refractivity contribution in [2.24, 2.45) is 0 Å². The van der Waals surface area contributed by atoms with Crippen LogP contribution in [0.25, 0.3) is 22.3 Å². The Morgan fingerprint density at radius 3 is 2.63 bits per heavy atom. The quantitative estimate of drug-likeness (QED) is 0.0954. The average Bonchev–Trinajstić information content (AvgIpc) is 3.72. The van der Waals surface area contributed by atoms with E-state index in [1.165, 1.54) is 28.1 Å². The van der Waals surface area contributed by atoms with Crippen LogP contribution in [0.1, 0.15) is 25.3 Å². The number of aliphatic hydroxyl groups excluding tert-OH is 1. The van der Waals surface area contributed by atoms with E-state index in [0.29, 0.717) is 0 Å². The Bertz CT molecular complexity index is 1850. The summed E-state index contributed by atoms with van der Waals surface area (Å²) in [5.74, 6) is -0.148. The van der Waals surface area contributed by atoms with E-state index in [1.54, 1.807) is 0 Å². The molecule has 19 nitrogen and oxygen atoms in total. The summed E-state index contributed by atoms with van der Waals surface area (Å²) in [6.07, 6.45) is -0.935. The Hall–Kier alpha value is -2.68. The molecule has 0 saturated carbocycles. The van der Waals surface area contributed by atoms with Crippen molar-refractivity contribution in [1.82, 2.24) is 39.0 Å². The number of H-pyrrole nitrogens is 2. The maximum Gasteiger partial charge on any atom is 0.582 e. The van der Waals surface area contributed by atoms with Crippen molar-refractivity contribution in [2.45, 2.75) is 49.7 Å². The van der Waals surface area contributed by atoms with Gasteiger partial charge in [0.05, 0.1) is 38.3 Å². The number of anilines is 1. The van der Waals surface area contributed by atoms with Gasteiger partial charge in [0.2, 0.25) is 5.95 Å². The van der Waals surface area contributed by atoms with Gasteiger partial charge in [-0.25, -0.2) is 15.0 Å². The van der Waals surface area contributed by atoms with E-state index >= 15 is 0 Å². The van der Waals surface area contributed by atoms with Gasteiger partial charge in [-0.3, -0.25) is 23.7 Å². The standard InChI is InChI=1S/C20H23N9O10P2S2/c21-20-26-16-14(18(32)27-20)25-7-29(16)19-10(1-8(3-30)36-19)39-41(34,43)35-4-11-9(38-40(33)42)2-12(37-11)28-6-24-13-15(28)22-5-23-17(13)31/h5-12,19,30H,1-4H2,(H5-,21,22,23,26,27,31,32,33,34,42,43)/p+1/t8-,9-,10+,11+,12+,19+,41?/m0/s1. The molecule has 0 aliphatic carbocycles. The SMILES string of the molecule is Nc1nc2c(ncn2[C@@H]2O[C@H](CO)C[C@H]2OP(O)(=S)OC[C@H]2O[C@@H](n3cnc4c(=O)[nH]cnc43)C[C@@H]2O[P+](=O)S)c(=O)[nH]1. The summed E-state index contributed by atoms with van der Waals surface area (Å²) < 4.78 is 43.6. The Morgan fingerprint density at radius 2 is 1.88 bits per heavy atom. The Kier molecular flexibility index (Phi) is 8.48. The molecule has 2 fully saturated rings. The molecule has 0 spiro atoms. The molecule has 43 heavy (non-hydrogen) atoms. The Labute approximate surface area is 251 Å². The molecule has 2 saturated heterocycles. The second-order valence-corrected chi connectivity index (χ2v) is 14.0. The van der Waals surface area contributed by atoms with Crippen LogP contribution in [0.3, 0.4) is 0 Å². The maximum absolute atomic E-state index is 12.2. The van der Waals surface area contributed by atoms with Crippen LogP contribution in [-0.2, 0) is 39.4 Å². The molecular formula is C20H24N9O10P2S2+. The lowest BCUT2D eigenvalue weighted by Crippen LogP contribution is -2.28. The van der Waals surface area contributed by atoms with Gasteiger partial charge in [0.1, 0.15) is 36.8 Å². The highest BCUT2D eigenvalue weighted by Crippen LogP contribution is 2.50. The van der Waals surface area contributed by atoms with Crippen LogP contribution in [0.4, 0.5) is 5.95 Å². The number of nitrogen functional groups attached to an aromatic ring is 1.